The first-order chi connectivity index (χ1) is 8.72. The van der Waals surface area contributed by atoms with Gasteiger partial charge in [0.05, 0.1) is 6.67 Å². The molecule has 0 bridgehead atoms. The van der Waals surface area contributed by atoms with Crippen LogP contribution in [0.25, 0.3) is 0 Å². The molecule has 0 spiro atoms. The van der Waals surface area contributed by atoms with Crippen LogP contribution in [-0.4, -0.2) is 48.0 Å². The maximum absolute atomic E-state index is 12.7. The van der Waals surface area contributed by atoms with Crippen molar-refractivity contribution in [2.75, 3.05) is 32.9 Å². The van der Waals surface area contributed by atoms with Crippen LogP contribution in [0.15, 0.2) is 18.2 Å². The number of hydrogen-bond acceptors (Lipinski definition) is 4. The maximum Gasteiger partial charge on any atom is 0.124 e. The quantitative estimate of drug-likeness (QED) is 0.792. The van der Waals surface area contributed by atoms with Gasteiger partial charge in [0.25, 0.3) is 0 Å². The zero-order valence-corrected chi connectivity index (χ0v) is 11.5. The van der Waals surface area contributed by atoms with Crippen molar-refractivity contribution in [3.8, 4) is 11.5 Å². The van der Waals surface area contributed by atoms with Gasteiger partial charge in [-0.3, -0.25) is 9.29 Å². The number of benzene rings is 1. The average molecular weight is 291 g/mol. The van der Waals surface area contributed by atoms with E-state index >= 15 is 0 Å². The summed E-state index contributed by atoms with van der Waals surface area (Å²) in [5.74, 6) is 0.0579. The van der Waals surface area contributed by atoms with Crippen molar-refractivity contribution >= 4 is 12.4 Å². The van der Waals surface area contributed by atoms with E-state index in [0.29, 0.717) is 12.0 Å². The zero-order valence-electron chi connectivity index (χ0n) is 10.7. The summed E-state index contributed by atoms with van der Waals surface area (Å²) in [5, 5.41) is 22.4. The second kappa shape index (κ2) is 7.53. The van der Waals surface area contributed by atoms with Crippen LogP contribution in [0.2, 0.25) is 0 Å². The molecule has 2 rings (SSSR count). The maximum atomic E-state index is 12.7. The van der Waals surface area contributed by atoms with Gasteiger partial charge in [-0.1, -0.05) is 6.07 Å². The van der Waals surface area contributed by atoms with E-state index in [-0.39, 0.29) is 29.9 Å². The summed E-state index contributed by atoms with van der Waals surface area (Å²) in [6.45, 7) is 3.01. The Morgan fingerprint density at radius 3 is 2.53 bits per heavy atom. The minimum absolute atomic E-state index is 0. The minimum atomic E-state index is -0.422. The van der Waals surface area contributed by atoms with Crippen molar-refractivity contribution < 1.29 is 14.6 Å². The highest BCUT2D eigenvalue weighted by atomic mass is 35.5. The highest BCUT2D eigenvalue weighted by Crippen LogP contribution is 2.33. The predicted octanol–water partition coefficient (Wildman–Crippen LogP) is 1.83. The number of rotatable bonds is 4. The first kappa shape index (κ1) is 16.0. The van der Waals surface area contributed by atoms with E-state index in [0.717, 1.165) is 26.2 Å². The van der Waals surface area contributed by atoms with E-state index in [1.807, 2.05) is 0 Å². The summed E-state index contributed by atoms with van der Waals surface area (Å²) in [5.41, 5.74) is 0.687. The van der Waals surface area contributed by atoms with E-state index in [1.165, 1.54) is 12.1 Å². The van der Waals surface area contributed by atoms with Gasteiger partial charge in [0.1, 0.15) is 11.5 Å². The van der Waals surface area contributed by atoms with Crippen molar-refractivity contribution in [1.82, 2.24) is 10.2 Å². The number of hydrogen-bond donors (Lipinski definition) is 3. The van der Waals surface area contributed by atoms with E-state index in [4.69, 9.17) is 0 Å². The van der Waals surface area contributed by atoms with Crippen LogP contribution < -0.4 is 5.32 Å². The fourth-order valence-corrected chi connectivity index (χ4v) is 2.45. The van der Waals surface area contributed by atoms with Gasteiger partial charge in [-0.05, 0) is 12.5 Å². The standard InChI is InChI=1S/C13H19FN2O2.ClH/c14-4-3-12(16-7-5-15-6-8-16)11-2-1-10(17)9-13(11)18;/h1-2,9,12,15,17-18H,3-8H2;1H/t12-;/m1./s1. The van der Waals surface area contributed by atoms with E-state index < -0.39 is 6.67 Å². The predicted molar refractivity (Wildman–Crippen MR) is 74.8 cm³/mol. The summed E-state index contributed by atoms with van der Waals surface area (Å²) < 4.78 is 12.7. The lowest BCUT2D eigenvalue weighted by atomic mass is 10.0. The van der Waals surface area contributed by atoms with Gasteiger partial charge in [-0.2, -0.15) is 0 Å². The SMILES string of the molecule is Cl.Oc1ccc([C@@H](CCF)N2CCNCC2)c(O)c1. The molecule has 4 nitrogen and oxygen atoms in total. The van der Waals surface area contributed by atoms with Crippen molar-refractivity contribution in [2.24, 2.45) is 0 Å². The Balaban J connectivity index is 0.00000180. The lowest BCUT2D eigenvalue weighted by Gasteiger charge is -2.35. The number of aromatic hydroxyl groups is 2. The van der Waals surface area contributed by atoms with Gasteiger partial charge < -0.3 is 15.5 Å². The Labute approximate surface area is 118 Å². The first-order valence-electron chi connectivity index (χ1n) is 6.25. The topological polar surface area (TPSA) is 55.7 Å². The summed E-state index contributed by atoms with van der Waals surface area (Å²) in [4.78, 5) is 2.17. The molecule has 1 aromatic carbocycles. The summed E-state index contributed by atoms with van der Waals surface area (Å²) in [6.07, 6.45) is 0.359. The molecule has 0 aliphatic carbocycles. The monoisotopic (exact) mass is 290 g/mol. The number of alkyl halides is 1. The Morgan fingerprint density at radius 1 is 1.26 bits per heavy atom. The highest BCUT2D eigenvalue weighted by molar-refractivity contribution is 5.85. The third-order valence-corrected chi connectivity index (χ3v) is 3.35. The van der Waals surface area contributed by atoms with Crippen LogP contribution in [0.1, 0.15) is 18.0 Å². The van der Waals surface area contributed by atoms with Crippen LogP contribution in [0, 0.1) is 0 Å². The fraction of sp³-hybridized carbons (Fsp3) is 0.538. The van der Waals surface area contributed by atoms with Crippen LogP contribution in [-0.2, 0) is 0 Å². The largest absolute Gasteiger partial charge is 0.508 e. The minimum Gasteiger partial charge on any atom is -0.508 e. The third-order valence-electron chi connectivity index (χ3n) is 3.35. The lowest BCUT2D eigenvalue weighted by molar-refractivity contribution is 0.155. The molecule has 6 heteroatoms. The molecule has 0 aromatic heterocycles. The molecule has 1 atom stereocenters. The van der Waals surface area contributed by atoms with Gasteiger partial charge in [0.15, 0.2) is 0 Å². The molecule has 1 aliphatic heterocycles. The molecule has 108 valence electrons. The Kier molecular flexibility index (Phi) is 6.34. The number of phenols is 2. The van der Waals surface area contributed by atoms with Crippen molar-refractivity contribution in [2.45, 2.75) is 12.5 Å². The number of nitrogens with zero attached hydrogens (tertiary/aromatic N) is 1. The molecule has 3 N–H and O–H groups in total. The van der Waals surface area contributed by atoms with Crippen LogP contribution in [0.4, 0.5) is 4.39 Å². The molecule has 0 unspecified atom stereocenters. The van der Waals surface area contributed by atoms with E-state index in [2.05, 4.69) is 10.2 Å². The van der Waals surface area contributed by atoms with Crippen LogP contribution in [0.5, 0.6) is 11.5 Å². The number of piperazine rings is 1. The third kappa shape index (κ3) is 3.96. The number of halogens is 2. The first-order valence-corrected chi connectivity index (χ1v) is 6.25. The molecular weight excluding hydrogens is 271 g/mol. The fourth-order valence-electron chi connectivity index (χ4n) is 2.45. The molecule has 0 saturated carbocycles. The second-order valence-corrected chi connectivity index (χ2v) is 4.52. The molecule has 0 amide bonds. The normalized spacial score (nSPS) is 17.7. The Hall–Kier alpha value is -1.04. The molecule has 1 aromatic rings. The molecule has 0 radical (unpaired) electrons. The van der Waals surface area contributed by atoms with Gasteiger partial charge in [-0.15, -0.1) is 12.4 Å². The van der Waals surface area contributed by atoms with Crippen LogP contribution >= 0.6 is 12.4 Å². The van der Waals surface area contributed by atoms with Crippen LogP contribution in [0.3, 0.4) is 0 Å². The average Bonchev–Trinajstić information content (AvgIpc) is 2.38. The summed E-state index contributed by atoms with van der Waals surface area (Å²) in [6, 6.07) is 4.39. The van der Waals surface area contributed by atoms with Crippen molar-refractivity contribution in [3.05, 3.63) is 23.8 Å². The molecule has 1 saturated heterocycles. The Bertz CT molecular complexity index is 400. The smallest absolute Gasteiger partial charge is 0.124 e. The summed E-state index contributed by atoms with van der Waals surface area (Å²) in [7, 11) is 0. The molecule has 1 fully saturated rings. The number of nitrogens with one attached hydrogen (secondary N) is 1. The number of phenolic OH excluding ortho intramolecular Hbond substituents is 2. The van der Waals surface area contributed by atoms with Gasteiger partial charge in [-0.25, -0.2) is 0 Å². The molecule has 1 aliphatic rings. The summed E-state index contributed by atoms with van der Waals surface area (Å²) >= 11 is 0. The van der Waals surface area contributed by atoms with E-state index in [9.17, 15) is 14.6 Å². The molecule has 19 heavy (non-hydrogen) atoms. The van der Waals surface area contributed by atoms with Crippen molar-refractivity contribution in [1.29, 1.82) is 0 Å². The van der Waals surface area contributed by atoms with Gasteiger partial charge >= 0.3 is 0 Å². The Morgan fingerprint density at radius 2 is 1.95 bits per heavy atom. The molecular formula is C13H20ClFN2O2. The lowest BCUT2D eigenvalue weighted by Crippen LogP contribution is -2.45. The second-order valence-electron chi connectivity index (χ2n) is 4.52. The van der Waals surface area contributed by atoms with Crippen molar-refractivity contribution in [3.63, 3.8) is 0 Å². The zero-order chi connectivity index (χ0) is 13.0. The van der Waals surface area contributed by atoms with Gasteiger partial charge in [0.2, 0.25) is 0 Å². The highest BCUT2D eigenvalue weighted by Gasteiger charge is 2.24. The van der Waals surface area contributed by atoms with Gasteiger partial charge in [0, 0.05) is 43.9 Å². The molecule has 1 heterocycles. The van der Waals surface area contributed by atoms with E-state index in [1.54, 1.807) is 6.07 Å².